The maximum atomic E-state index is 13.2. The third-order valence-electron chi connectivity index (χ3n) is 6.09. The molecule has 1 N–H and O–H groups in total. The van der Waals surface area contributed by atoms with Crippen molar-refractivity contribution in [3.05, 3.63) is 36.2 Å². The van der Waals surface area contributed by atoms with Gasteiger partial charge in [-0.2, -0.15) is 9.40 Å². The van der Waals surface area contributed by atoms with E-state index in [0.717, 1.165) is 50.9 Å². The maximum Gasteiger partial charge on any atom is 0.258 e. The minimum absolute atomic E-state index is 0.231. The Morgan fingerprint density at radius 1 is 1.03 bits per heavy atom. The van der Waals surface area contributed by atoms with Crippen LogP contribution in [0.3, 0.4) is 0 Å². The van der Waals surface area contributed by atoms with Crippen molar-refractivity contribution in [1.82, 2.24) is 14.1 Å². The van der Waals surface area contributed by atoms with Gasteiger partial charge in [0.2, 0.25) is 10.0 Å². The van der Waals surface area contributed by atoms with Crippen molar-refractivity contribution < 1.29 is 13.2 Å². The number of hydrogen-bond acceptors (Lipinski definition) is 5. The molecule has 0 aliphatic carbocycles. The van der Waals surface area contributed by atoms with Gasteiger partial charge in [-0.25, -0.2) is 8.42 Å². The van der Waals surface area contributed by atoms with Crippen LogP contribution in [0.25, 0.3) is 0 Å². The summed E-state index contributed by atoms with van der Waals surface area (Å²) in [5.41, 5.74) is 1.86. The van der Waals surface area contributed by atoms with Crippen LogP contribution in [0.1, 0.15) is 55.8 Å². The number of carbonyl (C=O) groups excluding carboxylic acids is 1. The quantitative estimate of drug-likeness (QED) is 0.737. The Balaban J connectivity index is 1.66. The van der Waals surface area contributed by atoms with Gasteiger partial charge in [0, 0.05) is 38.9 Å². The van der Waals surface area contributed by atoms with Crippen molar-refractivity contribution in [2.75, 3.05) is 36.4 Å². The zero-order valence-corrected chi connectivity index (χ0v) is 18.9. The second-order valence-corrected chi connectivity index (χ2v) is 10.2. The van der Waals surface area contributed by atoms with Crippen LogP contribution in [-0.4, -0.2) is 54.6 Å². The fraction of sp³-hybridized carbons (Fsp3) is 0.545. The average Bonchev–Trinajstić information content (AvgIpc) is 3.30. The lowest BCUT2D eigenvalue weighted by atomic mass is 10.1. The second-order valence-electron chi connectivity index (χ2n) is 8.23. The number of aromatic nitrogens is 2. The van der Waals surface area contributed by atoms with Crippen LogP contribution < -0.4 is 10.2 Å². The molecule has 1 aromatic carbocycles. The van der Waals surface area contributed by atoms with Crippen molar-refractivity contribution >= 4 is 27.3 Å². The summed E-state index contributed by atoms with van der Waals surface area (Å²) in [7, 11) is -3.59. The lowest BCUT2D eigenvalue weighted by Gasteiger charge is -2.31. The van der Waals surface area contributed by atoms with E-state index in [4.69, 9.17) is 0 Å². The first kappa shape index (κ1) is 21.8. The van der Waals surface area contributed by atoms with Crippen LogP contribution in [0.2, 0.25) is 0 Å². The number of aryl methyl sites for hydroxylation is 1. The Labute approximate surface area is 184 Å². The number of sulfonamides is 1. The van der Waals surface area contributed by atoms with Crippen LogP contribution in [0.5, 0.6) is 0 Å². The number of nitrogens with zero attached hydrogens (tertiary/aromatic N) is 4. The summed E-state index contributed by atoms with van der Waals surface area (Å²) in [5, 5.41) is 7.13. The van der Waals surface area contributed by atoms with Crippen LogP contribution in [0.4, 0.5) is 11.4 Å². The van der Waals surface area contributed by atoms with E-state index in [1.165, 1.54) is 12.6 Å². The van der Waals surface area contributed by atoms with Gasteiger partial charge in [-0.1, -0.05) is 6.42 Å². The number of carbonyl (C=O) groups is 1. The largest absolute Gasteiger partial charge is 0.370 e. The Morgan fingerprint density at radius 2 is 1.71 bits per heavy atom. The number of anilines is 2. The molecule has 0 saturated carbocycles. The second kappa shape index (κ2) is 9.40. The molecule has 2 aliphatic rings. The van der Waals surface area contributed by atoms with Crippen molar-refractivity contribution in [3.63, 3.8) is 0 Å². The molecule has 9 heteroatoms. The number of hydrogen-bond donors (Lipinski definition) is 1. The molecule has 0 atom stereocenters. The molecule has 2 saturated heterocycles. The van der Waals surface area contributed by atoms with Gasteiger partial charge in [0.1, 0.15) is 0 Å². The Morgan fingerprint density at radius 3 is 2.35 bits per heavy atom. The molecule has 2 aromatic rings. The first-order valence-electron chi connectivity index (χ1n) is 11.2. The summed E-state index contributed by atoms with van der Waals surface area (Å²) >= 11 is 0. The van der Waals surface area contributed by atoms with Gasteiger partial charge in [-0.05, 0) is 57.2 Å². The zero-order valence-electron chi connectivity index (χ0n) is 18.1. The molecule has 1 amide bonds. The van der Waals surface area contributed by atoms with E-state index in [9.17, 15) is 13.2 Å². The number of nitrogens with one attached hydrogen (secondary N) is 1. The normalized spacial score (nSPS) is 18.2. The van der Waals surface area contributed by atoms with Crippen molar-refractivity contribution in [1.29, 1.82) is 0 Å². The van der Waals surface area contributed by atoms with Crippen LogP contribution in [-0.2, 0) is 16.6 Å². The third kappa shape index (κ3) is 4.77. The SMILES string of the molecule is CCn1cc(C(=O)Nc2cc(S(=O)(=O)N3CCCCC3)ccc2N2CCCCC2)cn1. The summed E-state index contributed by atoms with van der Waals surface area (Å²) in [6.07, 6.45) is 9.43. The Bertz CT molecular complexity index is 1020. The summed E-state index contributed by atoms with van der Waals surface area (Å²) in [6.45, 7) is 5.53. The van der Waals surface area contributed by atoms with E-state index in [-0.39, 0.29) is 10.8 Å². The summed E-state index contributed by atoms with van der Waals surface area (Å²) < 4.78 is 29.7. The molecule has 0 spiro atoms. The molecule has 4 rings (SSSR count). The average molecular weight is 446 g/mol. The van der Waals surface area contributed by atoms with Gasteiger partial charge >= 0.3 is 0 Å². The first-order valence-corrected chi connectivity index (χ1v) is 12.7. The Kier molecular flexibility index (Phi) is 6.62. The predicted octanol–water partition coefficient (Wildman–Crippen LogP) is 3.32. The van der Waals surface area contributed by atoms with Crippen LogP contribution in [0, 0.1) is 0 Å². The molecule has 3 heterocycles. The lowest BCUT2D eigenvalue weighted by Crippen LogP contribution is -2.35. The van der Waals surface area contributed by atoms with Crippen LogP contribution in [0.15, 0.2) is 35.5 Å². The highest BCUT2D eigenvalue weighted by Gasteiger charge is 2.28. The third-order valence-corrected chi connectivity index (χ3v) is 7.98. The highest BCUT2D eigenvalue weighted by molar-refractivity contribution is 7.89. The van der Waals surface area contributed by atoms with Crippen LogP contribution >= 0.6 is 0 Å². The van der Waals surface area contributed by atoms with E-state index >= 15 is 0 Å². The molecule has 1 aromatic heterocycles. The summed E-state index contributed by atoms with van der Waals surface area (Å²) in [4.78, 5) is 15.4. The zero-order chi connectivity index (χ0) is 21.8. The van der Waals surface area contributed by atoms with Gasteiger partial charge < -0.3 is 10.2 Å². The highest BCUT2D eigenvalue weighted by atomic mass is 32.2. The molecule has 8 nitrogen and oxygen atoms in total. The number of piperidine rings is 2. The number of amides is 1. The molecule has 31 heavy (non-hydrogen) atoms. The highest BCUT2D eigenvalue weighted by Crippen LogP contribution is 2.33. The standard InChI is InChI=1S/C22H31N5O3S/c1-2-26-17-18(16-23-26)22(28)24-20-15-19(31(29,30)27-13-7-4-8-14-27)9-10-21(20)25-11-5-3-6-12-25/h9-10,15-17H,2-8,11-14H2,1H3,(H,24,28). The minimum atomic E-state index is -3.59. The van der Waals surface area contributed by atoms with Gasteiger partial charge in [-0.3, -0.25) is 9.48 Å². The van der Waals surface area contributed by atoms with Gasteiger partial charge in [0.15, 0.2) is 0 Å². The lowest BCUT2D eigenvalue weighted by molar-refractivity contribution is 0.102. The monoisotopic (exact) mass is 445 g/mol. The predicted molar refractivity (Wildman–Crippen MR) is 121 cm³/mol. The minimum Gasteiger partial charge on any atom is -0.370 e. The van der Waals surface area contributed by atoms with E-state index in [0.29, 0.717) is 30.9 Å². The smallest absolute Gasteiger partial charge is 0.258 e. The van der Waals surface area contributed by atoms with Crippen molar-refractivity contribution in [2.24, 2.45) is 0 Å². The molecule has 0 radical (unpaired) electrons. The Hall–Kier alpha value is -2.39. The fourth-order valence-electron chi connectivity index (χ4n) is 4.29. The first-order chi connectivity index (χ1) is 15.0. The summed E-state index contributed by atoms with van der Waals surface area (Å²) in [5.74, 6) is -0.287. The van der Waals surface area contributed by atoms with E-state index in [1.807, 2.05) is 13.0 Å². The molecular formula is C22H31N5O3S. The molecule has 2 fully saturated rings. The molecule has 0 bridgehead atoms. The molecular weight excluding hydrogens is 414 g/mol. The molecule has 0 unspecified atom stereocenters. The number of rotatable bonds is 6. The van der Waals surface area contributed by atoms with Gasteiger partial charge in [0.05, 0.1) is 28.0 Å². The number of benzene rings is 1. The summed E-state index contributed by atoms with van der Waals surface area (Å²) in [6, 6.07) is 5.14. The fourth-order valence-corrected chi connectivity index (χ4v) is 5.83. The van der Waals surface area contributed by atoms with E-state index in [2.05, 4.69) is 15.3 Å². The van der Waals surface area contributed by atoms with Crippen molar-refractivity contribution in [2.45, 2.75) is 56.9 Å². The molecule has 168 valence electrons. The van der Waals surface area contributed by atoms with Gasteiger partial charge in [-0.15, -0.1) is 0 Å². The van der Waals surface area contributed by atoms with E-state index < -0.39 is 10.0 Å². The topological polar surface area (TPSA) is 87.5 Å². The van der Waals surface area contributed by atoms with Gasteiger partial charge in [0.25, 0.3) is 5.91 Å². The maximum absolute atomic E-state index is 13.2. The molecule has 2 aliphatic heterocycles. The van der Waals surface area contributed by atoms with Crippen molar-refractivity contribution in [3.8, 4) is 0 Å². The van der Waals surface area contributed by atoms with E-state index in [1.54, 1.807) is 27.3 Å².